The minimum absolute atomic E-state index is 0.0470. The van der Waals surface area contributed by atoms with E-state index in [9.17, 15) is 20.0 Å². The summed E-state index contributed by atoms with van der Waals surface area (Å²) in [7, 11) is 0. The maximum atomic E-state index is 13.8. The molecular weight excluding hydrogens is 515 g/mol. The highest BCUT2D eigenvalue weighted by Gasteiger charge is 2.32. The largest absolute Gasteiger partial charge is 0.480 e. The molecule has 4 rings (SSSR count). The molecule has 5 nitrogen and oxygen atoms in total. The standard InChI is InChI=1S/C28H20Cl2N2O3S/c29-21-9-10-23(24(30)15-21)27(33)32(25(28(34)35)14-18-5-2-1-3-6-18)17-26-22(11-12-36-26)20-8-4-7-19(13-20)16-31/h1-13,15,25H,14,17H2,(H,34,35). The fourth-order valence-electron chi connectivity index (χ4n) is 3.94. The zero-order chi connectivity index (χ0) is 25.7. The van der Waals surface area contributed by atoms with Crippen LogP contribution in [0.5, 0.6) is 0 Å². The minimum Gasteiger partial charge on any atom is -0.480 e. The molecule has 8 heteroatoms. The van der Waals surface area contributed by atoms with Gasteiger partial charge >= 0.3 is 5.97 Å². The molecule has 0 aliphatic rings. The number of nitriles is 1. The fourth-order valence-corrected chi connectivity index (χ4v) is 5.32. The van der Waals surface area contributed by atoms with Crippen LogP contribution in [0.1, 0.15) is 26.4 Å². The van der Waals surface area contributed by atoms with E-state index in [1.807, 2.05) is 47.8 Å². The molecule has 0 saturated heterocycles. The van der Waals surface area contributed by atoms with Crippen LogP contribution in [0.2, 0.25) is 10.0 Å². The quantitative estimate of drug-likeness (QED) is 0.265. The Labute approximate surface area is 222 Å². The third-order valence-electron chi connectivity index (χ3n) is 5.72. The van der Waals surface area contributed by atoms with Gasteiger partial charge in [0, 0.05) is 16.3 Å². The van der Waals surface area contributed by atoms with E-state index in [0.29, 0.717) is 10.6 Å². The Bertz CT molecular complexity index is 1450. The van der Waals surface area contributed by atoms with Gasteiger partial charge in [-0.15, -0.1) is 11.3 Å². The second-order valence-corrected chi connectivity index (χ2v) is 9.90. The van der Waals surface area contributed by atoms with Crippen molar-refractivity contribution in [2.45, 2.75) is 19.0 Å². The van der Waals surface area contributed by atoms with Crippen molar-refractivity contribution in [3.63, 3.8) is 0 Å². The number of aliphatic carboxylic acids is 1. The average Bonchev–Trinajstić information content (AvgIpc) is 3.34. The summed E-state index contributed by atoms with van der Waals surface area (Å²) in [5, 5.41) is 21.9. The average molecular weight is 535 g/mol. The van der Waals surface area contributed by atoms with Crippen LogP contribution < -0.4 is 0 Å². The van der Waals surface area contributed by atoms with Gasteiger partial charge in [0.05, 0.1) is 28.8 Å². The predicted octanol–water partition coefficient (Wildman–Crippen LogP) is 6.93. The van der Waals surface area contributed by atoms with Crippen LogP contribution in [0.4, 0.5) is 0 Å². The van der Waals surface area contributed by atoms with E-state index in [0.717, 1.165) is 21.6 Å². The number of hydrogen-bond donors (Lipinski definition) is 1. The SMILES string of the molecule is N#Cc1cccc(-c2ccsc2CN(C(=O)c2ccc(Cl)cc2Cl)C(Cc2ccccc2)C(=O)O)c1. The number of carbonyl (C=O) groups is 2. The number of halogens is 2. The van der Waals surface area contributed by atoms with E-state index < -0.39 is 17.9 Å². The summed E-state index contributed by atoms with van der Waals surface area (Å²) >= 11 is 13.8. The molecule has 0 aliphatic carbocycles. The first-order valence-corrected chi connectivity index (χ1v) is 12.6. The number of thiophene rings is 1. The molecule has 3 aromatic carbocycles. The van der Waals surface area contributed by atoms with Crippen LogP contribution in [-0.2, 0) is 17.8 Å². The van der Waals surface area contributed by atoms with Gasteiger partial charge < -0.3 is 10.0 Å². The molecule has 0 saturated carbocycles. The molecule has 1 aromatic heterocycles. The van der Waals surface area contributed by atoms with Gasteiger partial charge in [-0.05, 0) is 58.5 Å². The highest BCUT2D eigenvalue weighted by Crippen LogP contribution is 2.32. The van der Waals surface area contributed by atoms with E-state index in [1.54, 1.807) is 24.3 Å². The molecule has 1 unspecified atom stereocenters. The molecular formula is C28H20Cl2N2O3S. The van der Waals surface area contributed by atoms with Crippen molar-refractivity contribution >= 4 is 46.4 Å². The first kappa shape index (κ1) is 25.5. The number of benzene rings is 3. The summed E-state index contributed by atoms with van der Waals surface area (Å²) in [4.78, 5) is 28.4. The molecule has 0 fully saturated rings. The van der Waals surface area contributed by atoms with Crippen LogP contribution in [0, 0.1) is 11.3 Å². The van der Waals surface area contributed by atoms with Crippen molar-refractivity contribution in [1.82, 2.24) is 4.90 Å². The molecule has 180 valence electrons. The van der Waals surface area contributed by atoms with Crippen molar-refractivity contribution in [1.29, 1.82) is 5.26 Å². The normalized spacial score (nSPS) is 11.5. The monoisotopic (exact) mass is 534 g/mol. The number of carboxylic acids is 1. The predicted molar refractivity (Wildman–Crippen MR) is 142 cm³/mol. The Hall–Kier alpha value is -3.63. The Morgan fingerprint density at radius 1 is 1.00 bits per heavy atom. The molecule has 0 bridgehead atoms. The molecule has 36 heavy (non-hydrogen) atoms. The van der Waals surface area contributed by atoms with Gasteiger partial charge in [-0.1, -0.05) is 65.7 Å². The van der Waals surface area contributed by atoms with E-state index in [1.165, 1.54) is 28.4 Å². The first-order valence-electron chi connectivity index (χ1n) is 11.0. The van der Waals surface area contributed by atoms with E-state index in [2.05, 4.69) is 6.07 Å². The first-order chi connectivity index (χ1) is 17.4. The lowest BCUT2D eigenvalue weighted by molar-refractivity contribution is -0.142. The summed E-state index contributed by atoms with van der Waals surface area (Å²) in [6.07, 6.45) is 0.123. The van der Waals surface area contributed by atoms with Crippen molar-refractivity contribution in [3.8, 4) is 17.2 Å². The second kappa shape index (κ2) is 11.4. The molecule has 1 amide bonds. The summed E-state index contributed by atoms with van der Waals surface area (Å²) in [6, 6.07) is 23.7. The van der Waals surface area contributed by atoms with Crippen molar-refractivity contribution in [2.24, 2.45) is 0 Å². The maximum Gasteiger partial charge on any atom is 0.326 e. The number of amides is 1. The summed E-state index contributed by atoms with van der Waals surface area (Å²) in [6.45, 7) is 0.0470. The van der Waals surface area contributed by atoms with Crippen molar-refractivity contribution in [3.05, 3.63) is 116 Å². The molecule has 1 N–H and O–H groups in total. The van der Waals surface area contributed by atoms with E-state index in [4.69, 9.17) is 23.2 Å². The third kappa shape index (κ3) is 5.77. The lowest BCUT2D eigenvalue weighted by atomic mass is 10.0. The Balaban J connectivity index is 1.77. The highest BCUT2D eigenvalue weighted by atomic mass is 35.5. The van der Waals surface area contributed by atoms with Crippen LogP contribution >= 0.6 is 34.5 Å². The highest BCUT2D eigenvalue weighted by molar-refractivity contribution is 7.10. The number of hydrogen-bond acceptors (Lipinski definition) is 4. The molecule has 0 aliphatic heterocycles. The molecule has 1 atom stereocenters. The van der Waals surface area contributed by atoms with Crippen LogP contribution in [0.15, 0.2) is 84.2 Å². The van der Waals surface area contributed by atoms with Crippen LogP contribution in [-0.4, -0.2) is 27.9 Å². The second-order valence-electron chi connectivity index (χ2n) is 8.05. The van der Waals surface area contributed by atoms with Crippen molar-refractivity contribution < 1.29 is 14.7 Å². The smallest absolute Gasteiger partial charge is 0.326 e. The number of nitrogens with zero attached hydrogens (tertiary/aromatic N) is 2. The van der Waals surface area contributed by atoms with Crippen molar-refractivity contribution in [2.75, 3.05) is 0 Å². The topological polar surface area (TPSA) is 81.4 Å². The third-order valence-corrected chi connectivity index (χ3v) is 7.17. The Morgan fingerprint density at radius 2 is 1.78 bits per heavy atom. The van der Waals surface area contributed by atoms with E-state index in [-0.39, 0.29) is 23.6 Å². The van der Waals surface area contributed by atoms with Gasteiger partial charge in [-0.25, -0.2) is 4.79 Å². The molecule has 1 heterocycles. The van der Waals surface area contributed by atoms with Gasteiger partial charge in [0.2, 0.25) is 0 Å². The minimum atomic E-state index is -1.15. The molecule has 4 aromatic rings. The molecule has 0 spiro atoms. The van der Waals surface area contributed by atoms with E-state index >= 15 is 0 Å². The van der Waals surface area contributed by atoms with Crippen LogP contribution in [0.3, 0.4) is 0 Å². The number of carboxylic acid groups (broad SMARTS) is 1. The maximum absolute atomic E-state index is 13.8. The van der Waals surface area contributed by atoms with Gasteiger partial charge in [0.25, 0.3) is 5.91 Å². The zero-order valence-corrected chi connectivity index (χ0v) is 21.2. The summed E-state index contributed by atoms with van der Waals surface area (Å²) < 4.78 is 0. The summed E-state index contributed by atoms with van der Waals surface area (Å²) in [5.41, 5.74) is 3.12. The van der Waals surface area contributed by atoms with Gasteiger partial charge in [-0.3, -0.25) is 4.79 Å². The zero-order valence-electron chi connectivity index (χ0n) is 18.9. The van der Waals surface area contributed by atoms with Gasteiger partial charge in [-0.2, -0.15) is 5.26 Å². The lowest BCUT2D eigenvalue weighted by Crippen LogP contribution is -2.46. The lowest BCUT2D eigenvalue weighted by Gasteiger charge is -2.30. The Morgan fingerprint density at radius 3 is 2.47 bits per heavy atom. The number of carbonyl (C=O) groups excluding carboxylic acids is 1. The Kier molecular flexibility index (Phi) is 8.07. The summed E-state index contributed by atoms with van der Waals surface area (Å²) in [5.74, 6) is -1.63. The number of rotatable bonds is 8. The van der Waals surface area contributed by atoms with Crippen LogP contribution in [0.25, 0.3) is 11.1 Å². The molecule has 0 radical (unpaired) electrons. The fraction of sp³-hybridized carbons (Fsp3) is 0.107. The van der Waals surface area contributed by atoms with Gasteiger partial charge in [0.1, 0.15) is 6.04 Å². The van der Waals surface area contributed by atoms with Gasteiger partial charge in [0.15, 0.2) is 0 Å².